The Labute approximate surface area is 270 Å². The first-order valence-electron chi connectivity index (χ1n) is 14.5. The first kappa shape index (κ1) is 30.3. The lowest BCUT2D eigenvalue weighted by atomic mass is 10.0. The van der Waals surface area contributed by atoms with Crippen LogP contribution >= 0.6 is 23.1 Å². The van der Waals surface area contributed by atoms with E-state index >= 15 is 0 Å². The average Bonchev–Trinajstić information content (AvgIpc) is 3.83. The van der Waals surface area contributed by atoms with Gasteiger partial charge < -0.3 is 10.1 Å². The minimum Gasteiger partial charge on any atom is -0.497 e. The molecule has 1 N–H and O–H groups in total. The van der Waals surface area contributed by atoms with E-state index in [1.54, 1.807) is 23.5 Å². The van der Waals surface area contributed by atoms with Crippen molar-refractivity contribution in [1.82, 2.24) is 25.1 Å². The summed E-state index contributed by atoms with van der Waals surface area (Å²) in [6, 6.07) is 29.1. The van der Waals surface area contributed by atoms with Gasteiger partial charge >= 0.3 is 0 Å². The molecule has 5 aromatic rings. The summed E-state index contributed by atoms with van der Waals surface area (Å²) in [5.74, 6) is 1.20. The van der Waals surface area contributed by atoms with Gasteiger partial charge in [0.15, 0.2) is 11.0 Å². The Morgan fingerprint density at radius 3 is 2.56 bits per heavy atom. The monoisotopic (exact) mass is 636 g/mol. The zero-order chi connectivity index (χ0) is 31.2. The molecule has 1 atom stereocenters. The zero-order valence-electron chi connectivity index (χ0n) is 24.9. The fraction of sp³-hybridized carbons (Fsp3) is 0.206. The van der Waals surface area contributed by atoms with Crippen molar-refractivity contribution < 1.29 is 14.3 Å². The van der Waals surface area contributed by atoms with Crippen molar-refractivity contribution in [3.63, 3.8) is 0 Å². The Hall–Kier alpha value is -4.74. The number of aryl methyl sites for hydroxylation is 1. The van der Waals surface area contributed by atoms with Crippen molar-refractivity contribution >= 4 is 40.6 Å². The van der Waals surface area contributed by atoms with Crippen LogP contribution in [0.4, 0.5) is 0 Å². The van der Waals surface area contributed by atoms with E-state index in [1.807, 2.05) is 108 Å². The molecule has 3 heterocycles. The number of nitrogens with one attached hydrogen (secondary N) is 1. The highest BCUT2D eigenvalue weighted by Crippen LogP contribution is 2.35. The Morgan fingerprint density at radius 2 is 1.82 bits per heavy atom. The number of hydrogen-bond donors (Lipinski definition) is 1. The molecule has 1 aliphatic rings. The van der Waals surface area contributed by atoms with Gasteiger partial charge in [-0.05, 0) is 59.3 Å². The fourth-order valence-electron chi connectivity index (χ4n) is 5.17. The number of nitrogens with zero attached hydrogens (tertiary/aromatic N) is 5. The summed E-state index contributed by atoms with van der Waals surface area (Å²) in [5.41, 5.74) is 4.74. The van der Waals surface area contributed by atoms with Crippen LogP contribution in [0.25, 0.3) is 5.69 Å². The highest BCUT2D eigenvalue weighted by atomic mass is 32.2. The minimum atomic E-state index is -0.230. The molecule has 0 saturated carbocycles. The number of benzene rings is 3. The molecule has 2 amide bonds. The van der Waals surface area contributed by atoms with Crippen LogP contribution in [-0.4, -0.2) is 50.2 Å². The fourth-order valence-corrected chi connectivity index (χ4v) is 6.71. The number of amides is 2. The molecule has 0 radical (unpaired) electrons. The van der Waals surface area contributed by atoms with Gasteiger partial charge in [0.25, 0.3) is 5.91 Å². The van der Waals surface area contributed by atoms with Crippen LogP contribution in [0.2, 0.25) is 0 Å². The van der Waals surface area contributed by atoms with E-state index in [4.69, 9.17) is 9.84 Å². The Morgan fingerprint density at radius 1 is 1.00 bits per heavy atom. The second-order valence-corrected chi connectivity index (χ2v) is 12.4. The van der Waals surface area contributed by atoms with E-state index in [0.29, 0.717) is 17.4 Å². The molecule has 2 aromatic heterocycles. The van der Waals surface area contributed by atoms with Crippen LogP contribution in [0, 0.1) is 6.92 Å². The van der Waals surface area contributed by atoms with Crippen molar-refractivity contribution in [2.45, 2.75) is 37.5 Å². The standard InChI is InChI=1S/C34H32N6O3S2/c1-23-8-6-11-26(18-23)39-31(21-35-32(41)19-24-9-4-3-5-10-24)36-37-34(39)45-22-33(42)40-29(25-13-15-27(43-2)16-14-25)20-28(38-40)30-12-7-17-44-30/h3-18,29H,19-22H2,1-2H3,(H,35,41). The molecule has 0 aliphatic carbocycles. The number of hydrogen-bond acceptors (Lipinski definition) is 8. The summed E-state index contributed by atoms with van der Waals surface area (Å²) in [4.78, 5) is 27.6. The lowest BCUT2D eigenvalue weighted by Gasteiger charge is -2.22. The van der Waals surface area contributed by atoms with E-state index < -0.39 is 0 Å². The largest absolute Gasteiger partial charge is 0.497 e. The normalized spacial score (nSPS) is 14.3. The molecule has 11 heteroatoms. The van der Waals surface area contributed by atoms with Crippen LogP contribution < -0.4 is 10.1 Å². The smallest absolute Gasteiger partial charge is 0.253 e. The molecule has 3 aromatic carbocycles. The predicted molar refractivity (Wildman–Crippen MR) is 177 cm³/mol. The third kappa shape index (κ3) is 7.16. The molecule has 0 bridgehead atoms. The van der Waals surface area contributed by atoms with Gasteiger partial charge in [-0.15, -0.1) is 21.5 Å². The van der Waals surface area contributed by atoms with Gasteiger partial charge in [0, 0.05) is 12.1 Å². The van der Waals surface area contributed by atoms with Gasteiger partial charge in [0.05, 0.1) is 42.5 Å². The maximum atomic E-state index is 13.8. The van der Waals surface area contributed by atoms with Crippen LogP contribution in [0.5, 0.6) is 5.75 Å². The van der Waals surface area contributed by atoms with Crippen LogP contribution in [0.3, 0.4) is 0 Å². The van der Waals surface area contributed by atoms with Gasteiger partial charge in [-0.1, -0.05) is 72.4 Å². The van der Waals surface area contributed by atoms with Crippen molar-refractivity contribution in [3.8, 4) is 11.4 Å². The lowest BCUT2D eigenvalue weighted by Crippen LogP contribution is -2.28. The summed E-state index contributed by atoms with van der Waals surface area (Å²) in [7, 11) is 1.63. The number of methoxy groups -OCH3 is 1. The summed E-state index contributed by atoms with van der Waals surface area (Å²) in [6.07, 6.45) is 0.893. The molecule has 0 spiro atoms. The number of thioether (sulfide) groups is 1. The maximum absolute atomic E-state index is 13.8. The highest BCUT2D eigenvalue weighted by molar-refractivity contribution is 7.99. The number of thiophene rings is 1. The number of hydrazone groups is 1. The summed E-state index contributed by atoms with van der Waals surface area (Å²) >= 11 is 2.91. The van der Waals surface area contributed by atoms with E-state index in [0.717, 1.165) is 38.7 Å². The topological polar surface area (TPSA) is 102 Å². The number of rotatable bonds is 11. The van der Waals surface area contributed by atoms with Crippen LogP contribution in [0.1, 0.15) is 39.9 Å². The van der Waals surface area contributed by atoms with Gasteiger partial charge in [0.2, 0.25) is 5.91 Å². The van der Waals surface area contributed by atoms with E-state index in [-0.39, 0.29) is 36.6 Å². The van der Waals surface area contributed by atoms with E-state index in [9.17, 15) is 9.59 Å². The molecule has 0 fully saturated rings. The van der Waals surface area contributed by atoms with E-state index in [1.165, 1.54) is 11.8 Å². The first-order valence-corrected chi connectivity index (χ1v) is 16.4. The second-order valence-electron chi connectivity index (χ2n) is 10.6. The van der Waals surface area contributed by atoms with Gasteiger partial charge in [-0.3, -0.25) is 14.2 Å². The molecule has 0 saturated heterocycles. The Kier molecular flexibility index (Phi) is 9.37. The molecule has 45 heavy (non-hydrogen) atoms. The molecular formula is C34H32N6O3S2. The number of carbonyl (C=O) groups is 2. The Balaban J connectivity index is 1.21. The zero-order valence-corrected chi connectivity index (χ0v) is 26.6. The molecule has 9 nitrogen and oxygen atoms in total. The molecule has 1 aliphatic heterocycles. The van der Waals surface area contributed by atoms with Gasteiger partial charge in [-0.25, -0.2) is 5.01 Å². The second kappa shape index (κ2) is 13.9. The van der Waals surface area contributed by atoms with Crippen LogP contribution in [-0.2, 0) is 22.6 Å². The molecule has 6 rings (SSSR count). The summed E-state index contributed by atoms with van der Waals surface area (Å²) in [6.45, 7) is 2.21. The van der Waals surface area contributed by atoms with Crippen molar-refractivity contribution in [1.29, 1.82) is 0 Å². The van der Waals surface area contributed by atoms with Crippen molar-refractivity contribution in [3.05, 3.63) is 124 Å². The highest BCUT2D eigenvalue weighted by Gasteiger charge is 2.33. The molecule has 1 unspecified atom stereocenters. The average molecular weight is 637 g/mol. The summed E-state index contributed by atoms with van der Waals surface area (Å²) < 4.78 is 7.24. The van der Waals surface area contributed by atoms with Gasteiger partial charge in [-0.2, -0.15) is 5.10 Å². The summed E-state index contributed by atoms with van der Waals surface area (Å²) in [5, 5.41) is 20.8. The predicted octanol–water partition coefficient (Wildman–Crippen LogP) is 5.97. The SMILES string of the molecule is COc1ccc(C2CC(c3cccs3)=NN2C(=O)CSc2nnc(CNC(=O)Cc3ccccc3)n2-c2cccc(C)c2)cc1. The van der Waals surface area contributed by atoms with Gasteiger partial charge in [0.1, 0.15) is 5.75 Å². The molecule has 228 valence electrons. The quantitative estimate of drug-likeness (QED) is 0.179. The van der Waals surface area contributed by atoms with Crippen molar-refractivity contribution in [2.24, 2.45) is 5.10 Å². The van der Waals surface area contributed by atoms with E-state index in [2.05, 4.69) is 15.5 Å². The number of ether oxygens (including phenoxy) is 1. The number of carbonyl (C=O) groups excluding carboxylic acids is 2. The molecular weight excluding hydrogens is 605 g/mol. The van der Waals surface area contributed by atoms with Crippen molar-refractivity contribution in [2.75, 3.05) is 12.9 Å². The maximum Gasteiger partial charge on any atom is 0.253 e. The Bertz CT molecular complexity index is 1800. The lowest BCUT2D eigenvalue weighted by molar-refractivity contribution is -0.130. The third-order valence-corrected chi connectivity index (χ3v) is 9.24. The first-order chi connectivity index (χ1) is 22.0. The number of aromatic nitrogens is 3. The van der Waals surface area contributed by atoms with Crippen LogP contribution in [0.15, 0.2) is 107 Å². The minimum absolute atomic E-state index is 0.109. The third-order valence-electron chi connectivity index (χ3n) is 7.41.